The fourth-order valence-corrected chi connectivity index (χ4v) is 0.718. The Morgan fingerprint density at radius 2 is 1.82 bits per heavy atom. The molecule has 0 atom stereocenters. The third kappa shape index (κ3) is 9.01. The molecule has 0 aliphatic rings. The van der Waals surface area contributed by atoms with Gasteiger partial charge in [0.25, 0.3) is 0 Å². The molecule has 0 nitrogen and oxygen atoms in total. The van der Waals surface area contributed by atoms with Crippen molar-refractivity contribution in [1.29, 1.82) is 0 Å². The molecule has 0 spiro atoms. The van der Waals surface area contributed by atoms with Gasteiger partial charge in [-0.25, -0.2) is 11.6 Å². The van der Waals surface area contributed by atoms with E-state index in [1.807, 2.05) is 0 Å². The third-order valence-corrected chi connectivity index (χ3v) is 1.06. The van der Waals surface area contributed by atoms with Crippen molar-refractivity contribution in [3.8, 4) is 0 Å². The Balaban J connectivity index is 0.000000218. The maximum atomic E-state index is 5.00. The van der Waals surface area contributed by atoms with Crippen molar-refractivity contribution in [2.75, 3.05) is 0 Å². The second-order valence-corrected chi connectivity index (χ2v) is 13.4. The predicted octanol–water partition coefficient (Wildman–Crippen LogP) is 4.09. The molecule has 0 saturated heterocycles. The van der Waals surface area contributed by atoms with Crippen LogP contribution in [-0.2, 0) is 18.2 Å². The van der Waals surface area contributed by atoms with E-state index < -0.39 is 18.2 Å². The molecule has 0 heterocycles. The topological polar surface area (TPSA) is 0 Å². The van der Waals surface area contributed by atoms with Crippen LogP contribution in [0.15, 0.2) is 18.2 Å². The number of aryl methyl sites for hydroxylation is 2. The van der Waals surface area contributed by atoms with Crippen molar-refractivity contribution in [1.82, 2.24) is 0 Å². The molecule has 1 rings (SSSR count). The molecule has 0 N–H and O–H groups in total. The van der Waals surface area contributed by atoms with E-state index in [4.69, 9.17) is 25.5 Å². The van der Waals surface area contributed by atoms with E-state index >= 15 is 0 Å². The molecule has 0 aliphatic heterocycles. The number of hydrogen-bond donors (Lipinski definition) is 0. The summed E-state index contributed by atoms with van der Waals surface area (Å²) in [6, 6.07) is 6.41. The normalized spacial score (nSPS) is 8.45. The SMILES string of the molecule is Cc1cc[c-](C)c1.[Cl][Zr]([Cl])[Cl]. The van der Waals surface area contributed by atoms with E-state index in [0.717, 1.165) is 0 Å². The average Bonchev–Trinajstić information content (AvgIpc) is 2.13. The van der Waals surface area contributed by atoms with Crippen LogP contribution in [0.5, 0.6) is 0 Å². The molecule has 1 aromatic carbocycles. The van der Waals surface area contributed by atoms with Gasteiger partial charge in [0.05, 0.1) is 0 Å². The molecular formula is C7H9Cl3Zr-. The van der Waals surface area contributed by atoms with Crippen molar-refractivity contribution in [2.45, 2.75) is 13.8 Å². The van der Waals surface area contributed by atoms with Crippen molar-refractivity contribution in [2.24, 2.45) is 0 Å². The molecule has 0 radical (unpaired) electrons. The van der Waals surface area contributed by atoms with Gasteiger partial charge in [-0.15, -0.1) is 0 Å². The Morgan fingerprint density at radius 1 is 1.36 bits per heavy atom. The minimum atomic E-state index is -2.13. The van der Waals surface area contributed by atoms with Crippen molar-refractivity contribution >= 4 is 25.5 Å². The third-order valence-electron chi connectivity index (χ3n) is 1.06. The van der Waals surface area contributed by atoms with Gasteiger partial charge in [0.15, 0.2) is 0 Å². The van der Waals surface area contributed by atoms with E-state index in [1.165, 1.54) is 11.1 Å². The number of rotatable bonds is 0. The van der Waals surface area contributed by atoms with E-state index in [9.17, 15) is 0 Å². The fraction of sp³-hybridized carbons (Fsp3) is 0.286. The van der Waals surface area contributed by atoms with Crippen LogP contribution in [0.25, 0.3) is 0 Å². The van der Waals surface area contributed by atoms with Crippen LogP contribution in [0.4, 0.5) is 0 Å². The first-order valence-corrected chi connectivity index (χ1v) is 12.6. The van der Waals surface area contributed by atoms with Gasteiger partial charge in [-0.1, -0.05) is 13.8 Å². The molecule has 0 aliphatic carbocycles. The summed E-state index contributed by atoms with van der Waals surface area (Å²) in [6.45, 7) is 4.21. The molecule has 0 saturated carbocycles. The van der Waals surface area contributed by atoms with Gasteiger partial charge in [-0.05, 0) is 0 Å². The van der Waals surface area contributed by atoms with Gasteiger partial charge in [0.2, 0.25) is 0 Å². The number of halogens is 3. The summed E-state index contributed by atoms with van der Waals surface area (Å²) in [4.78, 5) is 0. The van der Waals surface area contributed by atoms with E-state index in [2.05, 4.69) is 32.0 Å². The van der Waals surface area contributed by atoms with Gasteiger partial charge < -0.3 is 0 Å². The van der Waals surface area contributed by atoms with Gasteiger partial charge >= 0.3 is 43.7 Å². The molecule has 0 amide bonds. The second-order valence-electron chi connectivity index (χ2n) is 2.18. The minimum absolute atomic E-state index is 1.36. The Bertz CT molecular complexity index is 176. The summed E-state index contributed by atoms with van der Waals surface area (Å²) in [5.41, 5.74) is 2.72. The monoisotopic (exact) mass is 288 g/mol. The molecule has 0 aromatic heterocycles. The molecule has 11 heavy (non-hydrogen) atoms. The van der Waals surface area contributed by atoms with Crippen molar-refractivity contribution in [3.05, 3.63) is 29.3 Å². The van der Waals surface area contributed by atoms with Crippen LogP contribution in [0.2, 0.25) is 0 Å². The second kappa shape index (κ2) is 6.60. The van der Waals surface area contributed by atoms with Crippen LogP contribution in [0.1, 0.15) is 11.1 Å². The first-order valence-electron chi connectivity index (χ1n) is 3.05. The van der Waals surface area contributed by atoms with Gasteiger partial charge in [0, 0.05) is 0 Å². The van der Waals surface area contributed by atoms with Crippen LogP contribution in [-0.4, -0.2) is 0 Å². The molecule has 0 unspecified atom stereocenters. The van der Waals surface area contributed by atoms with Gasteiger partial charge in [-0.2, -0.15) is 17.7 Å². The summed E-state index contributed by atoms with van der Waals surface area (Å²) in [5, 5.41) is 0. The Kier molecular flexibility index (Phi) is 7.26. The fourth-order valence-electron chi connectivity index (χ4n) is 0.718. The summed E-state index contributed by atoms with van der Waals surface area (Å²) in [7, 11) is 15.0. The summed E-state index contributed by atoms with van der Waals surface area (Å²) >= 11 is -2.13. The molecule has 1 aromatic rings. The Morgan fingerprint density at radius 3 is 1.91 bits per heavy atom. The number of hydrogen-bond acceptors (Lipinski definition) is 0. The Hall–Kier alpha value is 1.10. The van der Waals surface area contributed by atoms with Crippen LogP contribution < -0.4 is 0 Å². The molecular weight excluding hydrogens is 282 g/mol. The quantitative estimate of drug-likeness (QED) is 0.631. The Labute approximate surface area is 86.1 Å². The van der Waals surface area contributed by atoms with E-state index in [1.54, 1.807) is 0 Å². The molecule has 0 bridgehead atoms. The first-order chi connectivity index (χ1) is 5.02. The summed E-state index contributed by atoms with van der Waals surface area (Å²) < 4.78 is 0. The van der Waals surface area contributed by atoms with Crippen molar-refractivity contribution < 1.29 is 18.2 Å². The summed E-state index contributed by atoms with van der Waals surface area (Å²) in [5.74, 6) is 0. The van der Waals surface area contributed by atoms with E-state index in [0.29, 0.717) is 0 Å². The molecule has 4 heteroatoms. The summed E-state index contributed by atoms with van der Waals surface area (Å²) in [6.07, 6.45) is 0. The van der Waals surface area contributed by atoms with Crippen LogP contribution in [0.3, 0.4) is 0 Å². The maximum absolute atomic E-state index is 5.00. The van der Waals surface area contributed by atoms with E-state index in [-0.39, 0.29) is 0 Å². The predicted molar refractivity (Wildman–Crippen MR) is 49.1 cm³/mol. The van der Waals surface area contributed by atoms with Gasteiger partial charge in [0.1, 0.15) is 0 Å². The van der Waals surface area contributed by atoms with Crippen LogP contribution in [0, 0.1) is 13.8 Å². The average molecular weight is 291 g/mol. The zero-order valence-electron chi connectivity index (χ0n) is 6.37. The zero-order chi connectivity index (χ0) is 8.85. The zero-order valence-corrected chi connectivity index (χ0v) is 11.1. The molecule has 63 valence electrons. The standard InChI is InChI=1S/C7H9.3ClH.Zr/c1-6-3-4-7(2)5-6;;;;/h3-5H,1-2H3;3*1H;/q-1;;;;+3/p-3. The first kappa shape index (κ1) is 12.1. The van der Waals surface area contributed by atoms with Gasteiger partial charge in [-0.3, -0.25) is 0 Å². The van der Waals surface area contributed by atoms with Crippen molar-refractivity contribution in [3.63, 3.8) is 0 Å². The molecule has 0 fully saturated rings. The van der Waals surface area contributed by atoms with Crippen LogP contribution >= 0.6 is 25.5 Å².